The molecule has 0 aliphatic rings. The first-order valence-electron chi connectivity index (χ1n) is 3.68. The highest BCUT2D eigenvalue weighted by molar-refractivity contribution is 6.45. The van der Waals surface area contributed by atoms with Crippen molar-refractivity contribution in [1.82, 2.24) is 4.98 Å². The van der Waals surface area contributed by atoms with Gasteiger partial charge in [0.25, 0.3) is 0 Å². The Morgan fingerprint density at radius 2 is 2.00 bits per heavy atom. The van der Waals surface area contributed by atoms with Crippen LogP contribution in [0.4, 0.5) is 5.69 Å². The van der Waals surface area contributed by atoms with Crippen LogP contribution in [0.25, 0.3) is 10.9 Å². The van der Waals surface area contributed by atoms with Gasteiger partial charge in [-0.15, -0.1) is 0 Å². The lowest BCUT2D eigenvalue weighted by Crippen LogP contribution is -1.89. The van der Waals surface area contributed by atoms with Gasteiger partial charge in [-0.05, 0) is 6.07 Å². The van der Waals surface area contributed by atoms with Crippen LogP contribution in [0, 0.1) is 0 Å². The summed E-state index contributed by atoms with van der Waals surface area (Å²) in [6.45, 7) is 0. The van der Waals surface area contributed by atoms with E-state index in [0.717, 1.165) is 5.39 Å². The van der Waals surface area contributed by atoms with Crippen molar-refractivity contribution >= 4 is 39.8 Å². The molecule has 2 aromatic rings. The zero-order valence-electron chi connectivity index (χ0n) is 6.59. The third-order valence-electron chi connectivity index (χ3n) is 1.82. The van der Waals surface area contributed by atoms with Crippen LogP contribution in [0.2, 0.25) is 10.0 Å². The second kappa shape index (κ2) is 3.05. The number of nitrogen functional groups attached to an aromatic ring is 1. The summed E-state index contributed by atoms with van der Waals surface area (Å²) >= 11 is 11.8. The molecule has 2 rings (SSSR count). The lowest BCUT2D eigenvalue weighted by molar-refractivity contribution is 1.41. The summed E-state index contributed by atoms with van der Waals surface area (Å²) in [4.78, 5) is 4.10. The SMILES string of the molecule is Nc1cccc2c(Cl)c(Cl)cnc12. The number of nitrogens with two attached hydrogens (primary N) is 1. The maximum Gasteiger partial charge on any atom is 0.0947 e. The summed E-state index contributed by atoms with van der Waals surface area (Å²) in [5.41, 5.74) is 7.01. The molecule has 1 aromatic carbocycles. The highest BCUT2D eigenvalue weighted by atomic mass is 35.5. The molecule has 1 heterocycles. The molecule has 0 unspecified atom stereocenters. The largest absolute Gasteiger partial charge is 0.397 e. The van der Waals surface area contributed by atoms with Crippen LogP contribution in [0.1, 0.15) is 0 Å². The van der Waals surface area contributed by atoms with E-state index in [2.05, 4.69) is 4.98 Å². The first kappa shape index (κ1) is 8.60. The molecular weight excluding hydrogens is 207 g/mol. The minimum atomic E-state index is 0.444. The Morgan fingerprint density at radius 3 is 2.77 bits per heavy atom. The van der Waals surface area contributed by atoms with Crippen molar-refractivity contribution < 1.29 is 0 Å². The molecule has 0 fully saturated rings. The third kappa shape index (κ3) is 1.32. The topological polar surface area (TPSA) is 38.9 Å². The van der Waals surface area contributed by atoms with Gasteiger partial charge in [0.05, 0.1) is 21.2 Å². The summed E-state index contributed by atoms with van der Waals surface area (Å²) in [6, 6.07) is 5.44. The van der Waals surface area contributed by atoms with Gasteiger partial charge >= 0.3 is 0 Å². The molecule has 13 heavy (non-hydrogen) atoms. The average molecular weight is 213 g/mol. The molecular formula is C9H6Cl2N2. The number of para-hydroxylation sites is 1. The zero-order valence-corrected chi connectivity index (χ0v) is 8.10. The van der Waals surface area contributed by atoms with E-state index in [1.165, 1.54) is 6.20 Å². The fraction of sp³-hybridized carbons (Fsp3) is 0. The van der Waals surface area contributed by atoms with Gasteiger partial charge in [0.15, 0.2) is 0 Å². The third-order valence-corrected chi connectivity index (χ3v) is 2.61. The van der Waals surface area contributed by atoms with E-state index >= 15 is 0 Å². The van der Waals surface area contributed by atoms with Gasteiger partial charge in [-0.1, -0.05) is 35.3 Å². The second-order valence-corrected chi connectivity index (χ2v) is 3.45. The first-order valence-corrected chi connectivity index (χ1v) is 4.44. The summed E-state index contributed by atoms with van der Waals surface area (Å²) < 4.78 is 0. The van der Waals surface area contributed by atoms with Crippen LogP contribution in [-0.4, -0.2) is 4.98 Å². The molecule has 0 bridgehead atoms. The van der Waals surface area contributed by atoms with Gasteiger partial charge in [-0.3, -0.25) is 4.98 Å². The Balaban J connectivity index is 2.94. The zero-order chi connectivity index (χ0) is 9.42. The molecule has 66 valence electrons. The quantitative estimate of drug-likeness (QED) is 0.682. The number of hydrogen-bond acceptors (Lipinski definition) is 2. The van der Waals surface area contributed by atoms with Crippen molar-refractivity contribution in [1.29, 1.82) is 0 Å². The Labute approximate surface area is 85.3 Å². The number of benzene rings is 1. The molecule has 0 saturated carbocycles. The predicted molar refractivity (Wildman–Crippen MR) is 56.2 cm³/mol. The molecule has 0 spiro atoms. The lowest BCUT2D eigenvalue weighted by Gasteiger charge is -2.03. The molecule has 0 amide bonds. The van der Waals surface area contributed by atoms with Crippen LogP contribution in [0.5, 0.6) is 0 Å². The van der Waals surface area contributed by atoms with Crippen LogP contribution in [-0.2, 0) is 0 Å². The molecule has 0 radical (unpaired) electrons. The molecule has 1 aromatic heterocycles. The van der Waals surface area contributed by atoms with Gasteiger partial charge < -0.3 is 5.73 Å². The number of halogens is 2. The van der Waals surface area contributed by atoms with Crippen molar-refractivity contribution in [2.45, 2.75) is 0 Å². The second-order valence-electron chi connectivity index (χ2n) is 2.66. The summed E-state index contributed by atoms with van der Waals surface area (Å²) in [6.07, 6.45) is 1.50. The van der Waals surface area contributed by atoms with Crippen LogP contribution >= 0.6 is 23.2 Å². The molecule has 0 saturated heterocycles. The van der Waals surface area contributed by atoms with Crippen molar-refractivity contribution in [2.24, 2.45) is 0 Å². The van der Waals surface area contributed by atoms with Gasteiger partial charge in [0, 0.05) is 11.6 Å². The minimum Gasteiger partial charge on any atom is -0.397 e. The number of fused-ring (bicyclic) bond motifs is 1. The molecule has 2 N–H and O–H groups in total. The van der Waals surface area contributed by atoms with E-state index in [4.69, 9.17) is 28.9 Å². The predicted octanol–water partition coefficient (Wildman–Crippen LogP) is 3.12. The van der Waals surface area contributed by atoms with Crippen molar-refractivity contribution in [3.8, 4) is 0 Å². The van der Waals surface area contributed by atoms with Crippen molar-refractivity contribution in [3.05, 3.63) is 34.4 Å². The van der Waals surface area contributed by atoms with Crippen molar-refractivity contribution in [2.75, 3.05) is 5.73 Å². The number of anilines is 1. The molecule has 2 nitrogen and oxygen atoms in total. The van der Waals surface area contributed by atoms with E-state index in [1.54, 1.807) is 6.07 Å². The van der Waals surface area contributed by atoms with Gasteiger partial charge in [0.1, 0.15) is 0 Å². The molecule has 4 heteroatoms. The van der Waals surface area contributed by atoms with Crippen LogP contribution < -0.4 is 5.73 Å². The summed E-state index contributed by atoms with van der Waals surface area (Å²) in [7, 11) is 0. The first-order chi connectivity index (χ1) is 6.20. The van der Waals surface area contributed by atoms with Gasteiger partial charge in [-0.2, -0.15) is 0 Å². The number of aromatic nitrogens is 1. The normalized spacial score (nSPS) is 10.6. The highest BCUT2D eigenvalue weighted by Gasteiger charge is 2.05. The van der Waals surface area contributed by atoms with Crippen LogP contribution in [0.15, 0.2) is 24.4 Å². The number of nitrogens with zero attached hydrogens (tertiary/aromatic N) is 1. The highest BCUT2D eigenvalue weighted by Crippen LogP contribution is 2.30. The van der Waals surface area contributed by atoms with E-state index < -0.39 is 0 Å². The summed E-state index contributed by atoms with van der Waals surface area (Å²) in [5.74, 6) is 0. The van der Waals surface area contributed by atoms with Gasteiger partial charge in [-0.25, -0.2) is 0 Å². The molecule has 0 aliphatic heterocycles. The summed E-state index contributed by atoms with van der Waals surface area (Å²) in [5, 5.41) is 1.73. The Morgan fingerprint density at radius 1 is 1.23 bits per heavy atom. The van der Waals surface area contributed by atoms with E-state index in [9.17, 15) is 0 Å². The van der Waals surface area contributed by atoms with Crippen molar-refractivity contribution in [3.63, 3.8) is 0 Å². The lowest BCUT2D eigenvalue weighted by atomic mass is 10.2. The number of pyridine rings is 1. The number of hydrogen-bond donors (Lipinski definition) is 1. The van der Waals surface area contributed by atoms with E-state index in [1.807, 2.05) is 12.1 Å². The Bertz CT molecular complexity index is 468. The maximum atomic E-state index is 5.97. The number of rotatable bonds is 0. The standard InChI is InChI=1S/C9H6Cl2N2/c10-6-4-13-9-5(8(6)11)2-1-3-7(9)12/h1-4H,12H2. The average Bonchev–Trinajstić information content (AvgIpc) is 2.12. The monoisotopic (exact) mass is 212 g/mol. The van der Waals surface area contributed by atoms with Crippen LogP contribution in [0.3, 0.4) is 0 Å². The molecule has 0 aliphatic carbocycles. The Kier molecular flexibility index (Phi) is 2.02. The Hall–Kier alpha value is -0.990. The van der Waals surface area contributed by atoms with Gasteiger partial charge in [0.2, 0.25) is 0 Å². The van der Waals surface area contributed by atoms with E-state index in [-0.39, 0.29) is 0 Å². The fourth-order valence-electron chi connectivity index (χ4n) is 1.19. The van der Waals surface area contributed by atoms with E-state index in [0.29, 0.717) is 21.2 Å². The smallest absolute Gasteiger partial charge is 0.0947 e. The maximum absolute atomic E-state index is 5.97. The fourth-order valence-corrected chi connectivity index (χ4v) is 1.54. The molecule has 0 atom stereocenters. The minimum absolute atomic E-state index is 0.444.